The fourth-order valence-electron chi connectivity index (χ4n) is 4.22. The van der Waals surface area contributed by atoms with Crippen LogP contribution < -0.4 is 9.47 Å². The van der Waals surface area contributed by atoms with Crippen LogP contribution in [0.4, 0.5) is 0 Å². The first kappa shape index (κ1) is 23.4. The number of aliphatic hydroxyl groups is 4. The van der Waals surface area contributed by atoms with Crippen molar-refractivity contribution in [3.8, 4) is 11.5 Å². The number of carbonyl (C=O) groups is 1. The SMILES string of the molecule is COc1cc(C=C2CCCc3ccccc3C2=O)ccc1O[C@H]1O[C@H](CO)[C@H](O)[C@H](O)[C@H]1O. The Morgan fingerprint density at radius 1 is 1.03 bits per heavy atom. The van der Waals surface area contributed by atoms with Gasteiger partial charge in [0.1, 0.15) is 24.4 Å². The quantitative estimate of drug-likeness (QED) is 0.394. The van der Waals surface area contributed by atoms with Gasteiger partial charge in [-0.2, -0.15) is 0 Å². The van der Waals surface area contributed by atoms with Crippen molar-refractivity contribution in [1.82, 2.24) is 0 Å². The number of hydrogen-bond donors (Lipinski definition) is 4. The molecule has 1 heterocycles. The molecule has 176 valence electrons. The molecule has 0 bridgehead atoms. The molecule has 2 aromatic rings. The van der Waals surface area contributed by atoms with Crippen LogP contribution >= 0.6 is 0 Å². The summed E-state index contributed by atoms with van der Waals surface area (Å²) in [5, 5.41) is 39.5. The maximum Gasteiger partial charge on any atom is 0.229 e. The summed E-state index contributed by atoms with van der Waals surface area (Å²) in [6, 6.07) is 12.7. The fourth-order valence-corrected chi connectivity index (χ4v) is 4.22. The van der Waals surface area contributed by atoms with E-state index in [1.165, 1.54) is 7.11 Å². The van der Waals surface area contributed by atoms with E-state index in [2.05, 4.69) is 0 Å². The van der Waals surface area contributed by atoms with Gasteiger partial charge in [-0.05, 0) is 48.6 Å². The normalized spacial score (nSPS) is 28.8. The predicted molar refractivity (Wildman–Crippen MR) is 119 cm³/mol. The molecular weight excluding hydrogens is 428 g/mol. The average molecular weight is 456 g/mol. The van der Waals surface area contributed by atoms with E-state index >= 15 is 0 Å². The van der Waals surface area contributed by atoms with Crippen molar-refractivity contribution in [2.24, 2.45) is 0 Å². The average Bonchev–Trinajstić information content (AvgIpc) is 2.99. The highest BCUT2D eigenvalue weighted by atomic mass is 16.7. The van der Waals surface area contributed by atoms with Gasteiger partial charge in [0.25, 0.3) is 0 Å². The number of rotatable bonds is 5. The minimum absolute atomic E-state index is 0.0173. The third kappa shape index (κ3) is 4.80. The molecule has 8 heteroatoms. The molecule has 8 nitrogen and oxygen atoms in total. The maximum absolute atomic E-state index is 13.0. The maximum atomic E-state index is 13.0. The van der Waals surface area contributed by atoms with Crippen LogP contribution in [0, 0.1) is 0 Å². The van der Waals surface area contributed by atoms with E-state index in [1.54, 1.807) is 18.2 Å². The monoisotopic (exact) mass is 456 g/mol. The Morgan fingerprint density at radius 3 is 2.58 bits per heavy atom. The highest BCUT2D eigenvalue weighted by Gasteiger charge is 2.45. The van der Waals surface area contributed by atoms with E-state index in [-0.39, 0.29) is 11.5 Å². The molecule has 2 aromatic carbocycles. The lowest BCUT2D eigenvalue weighted by Crippen LogP contribution is -2.60. The predicted octanol–water partition coefficient (Wildman–Crippen LogP) is 1.48. The van der Waals surface area contributed by atoms with Gasteiger partial charge in [-0.3, -0.25) is 4.79 Å². The first-order chi connectivity index (χ1) is 15.9. The Labute approximate surface area is 191 Å². The number of allylic oxidation sites excluding steroid dienone is 1. The number of ether oxygens (including phenoxy) is 3. The number of aryl methyl sites for hydroxylation is 1. The smallest absolute Gasteiger partial charge is 0.229 e. The summed E-state index contributed by atoms with van der Waals surface area (Å²) in [5.41, 5.74) is 3.25. The number of carbonyl (C=O) groups excluding carboxylic acids is 1. The van der Waals surface area contributed by atoms with Gasteiger partial charge in [0.15, 0.2) is 17.3 Å². The summed E-state index contributed by atoms with van der Waals surface area (Å²) < 4.78 is 16.5. The molecule has 5 atom stereocenters. The molecule has 2 aliphatic rings. The molecule has 0 aromatic heterocycles. The van der Waals surface area contributed by atoms with E-state index in [1.807, 2.05) is 30.3 Å². The van der Waals surface area contributed by atoms with E-state index in [4.69, 9.17) is 14.2 Å². The molecule has 0 saturated carbocycles. The molecule has 33 heavy (non-hydrogen) atoms. The number of ketones is 1. The molecule has 0 radical (unpaired) electrons. The first-order valence-electron chi connectivity index (χ1n) is 10.9. The lowest BCUT2D eigenvalue weighted by Gasteiger charge is -2.39. The molecule has 1 aliphatic heterocycles. The first-order valence-corrected chi connectivity index (χ1v) is 10.9. The second-order valence-electron chi connectivity index (χ2n) is 8.23. The standard InChI is InChI=1S/C25H28O8/c1-31-19-12-14(11-16-7-4-6-15-5-2-3-8-17(15)21(16)27)9-10-18(19)32-25-24(30)23(29)22(28)20(13-26)33-25/h2-3,5,8-12,20,22-26,28-30H,4,6-7,13H2,1H3/t20-,22+,23+,24-,25+/m1/s1. The summed E-state index contributed by atoms with van der Waals surface area (Å²) in [4.78, 5) is 13.0. The van der Waals surface area contributed by atoms with Crippen LogP contribution in [0.2, 0.25) is 0 Å². The Balaban J connectivity index is 1.57. The lowest BCUT2D eigenvalue weighted by molar-refractivity contribution is -0.277. The van der Waals surface area contributed by atoms with Crippen molar-refractivity contribution in [2.75, 3.05) is 13.7 Å². The van der Waals surface area contributed by atoms with E-state index < -0.39 is 37.3 Å². The number of benzene rings is 2. The second kappa shape index (κ2) is 10.0. The molecule has 0 spiro atoms. The molecule has 4 N–H and O–H groups in total. The van der Waals surface area contributed by atoms with Crippen molar-refractivity contribution in [2.45, 2.75) is 50.0 Å². The third-order valence-electron chi connectivity index (χ3n) is 6.07. The van der Waals surface area contributed by atoms with Crippen molar-refractivity contribution in [3.05, 3.63) is 64.7 Å². The highest BCUT2D eigenvalue weighted by Crippen LogP contribution is 2.33. The number of hydrogen-bond acceptors (Lipinski definition) is 8. The Hall–Kier alpha value is -2.75. The van der Waals surface area contributed by atoms with E-state index in [0.29, 0.717) is 17.7 Å². The fraction of sp³-hybridized carbons (Fsp3) is 0.400. The summed E-state index contributed by atoms with van der Waals surface area (Å²) in [6.07, 6.45) is -2.70. The van der Waals surface area contributed by atoms with E-state index in [0.717, 1.165) is 29.5 Å². The van der Waals surface area contributed by atoms with Crippen LogP contribution in [0.1, 0.15) is 34.3 Å². The van der Waals surface area contributed by atoms with Crippen LogP contribution in [0.5, 0.6) is 11.5 Å². The van der Waals surface area contributed by atoms with Gasteiger partial charge in [0.2, 0.25) is 6.29 Å². The van der Waals surface area contributed by atoms with Crippen LogP contribution in [0.25, 0.3) is 6.08 Å². The largest absolute Gasteiger partial charge is 0.493 e. The Bertz CT molecular complexity index is 1030. The van der Waals surface area contributed by atoms with Gasteiger partial charge in [0, 0.05) is 11.1 Å². The van der Waals surface area contributed by atoms with Crippen LogP contribution in [0.3, 0.4) is 0 Å². The Morgan fingerprint density at radius 2 is 1.82 bits per heavy atom. The van der Waals surface area contributed by atoms with Gasteiger partial charge in [-0.1, -0.05) is 30.3 Å². The molecule has 0 unspecified atom stereocenters. The van der Waals surface area contributed by atoms with Crippen LogP contribution in [-0.2, 0) is 11.2 Å². The summed E-state index contributed by atoms with van der Waals surface area (Å²) >= 11 is 0. The van der Waals surface area contributed by atoms with Gasteiger partial charge < -0.3 is 34.6 Å². The van der Waals surface area contributed by atoms with Crippen molar-refractivity contribution >= 4 is 11.9 Å². The molecule has 1 fully saturated rings. The molecule has 1 aliphatic carbocycles. The van der Waals surface area contributed by atoms with Gasteiger partial charge >= 0.3 is 0 Å². The van der Waals surface area contributed by atoms with Crippen LogP contribution in [-0.4, -0.2) is 70.6 Å². The minimum Gasteiger partial charge on any atom is -0.493 e. The summed E-state index contributed by atoms with van der Waals surface area (Å²) in [7, 11) is 1.46. The molecule has 4 rings (SSSR count). The van der Waals surface area contributed by atoms with Crippen LogP contribution in [0.15, 0.2) is 48.0 Å². The van der Waals surface area contributed by atoms with Crippen molar-refractivity contribution in [3.63, 3.8) is 0 Å². The number of aliphatic hydroxyl groups excluding tert-OH is 4. The van der Waals surface area contributed by atoms with E-state index in [9.17, 15) is 25.2 Å². The van der Waals surface area contributed by atoms with Gasteiger partial charge in [-0.15, -0.1) is 0 Å². The molecular formula is C25H28O8. The van der Waals surface area contributed by atoms with Gasteiger partial charge in [-0.25, -0.2) is 0 Å². The topological polar surface area (TPSA) is 126 Å². The van der Waals surface area contributed by atoms with Crippen molar-refractivity contribution in [1.29, 1.82) is 0 Å². The second-order valence-corrected chi connectivity index (χ2v) is 8.23. The van der Waals surface area contributed by atoms with Gasteiger partial charge in [0.05, 0.1) is 13.7 Å². The summed E-state index contributed by atoms with van der Waals surface area (Å²) in [5.74, 6) is 0.591. The minimum atomic E-state index is -1.54. The molecule has 1 saturated heterocycles. The van der Waals surface area contributed by atoms with Crippen molar-refractivity contribution < 1.29 is 39.4 Å². The third-order valence-corrected chi connectivity index (χ3v) is 6.07. The molecule has 0 amide bonds. The zero-order valence-corrected chi connectivity index (χ0v) is 18.3. The number of Topliss-reactive ketones (excluding diaryl/α,β-unsaturated/α-hetero) is 1. The zero-order valence-electron chi connectivity index (χ0n) is 18.3. The summed E-state index contributed by atoms with van der Waals surface area (Å²) in [6.45, 7) is -0.550. The Kier molecular flexibility index (Phi) is 7.11. The highest BCUT2D eigenvalue weighted by molar-refractivity contribution is 6.12. The zero-order chi connectivity index (χ0) is 23.5. The number of methoxy groups -OCH3 is 1. The number of fused-ring (bicyclic) bond motifs is 1. The lowest BCUT2D eigenvalue weighted by atomic mass is 9.98.